The zero-order valence-electron chi connectivity index (χ0n) is 16.4. The van der Waals surface area contributed by atoms with E-state index in [1.165, 1.54) is 23.6 Å². The number of aryl methyl sites for hydroxylation is 2. The van der Waals surface area contributed by atoms with Crippen LogP contribution in [0.4, 0.5) is 5.82 Å². The Bertz CT molecular complexity index is 1210. The average molecular weight is 448 g/mol. The Morgan fingerprint density at radius 3 is 2.67 bits per heavy atom. The molecule has 4 N–H and O–H groups in total. The summed E-state index contributed by atoms with van der Waals surface area (Å²) in [6.45, 7) is 3.85. The lowest BCUT2D eigenvalue weighted by atomic mass is 10.0. The first-order chi connectivity index (χ1) is 14.2. The zero-order valence-corrected chi connectivity index (χ0v) is 18.0. The maximum atomic E-state index is 12.7. The van der Waals surface area contributed by atoms with Gasteiger partial charge >= 0.3 is 0 Å². The molecule has 0 spiro atoms. The van der Waals surface area contributed by atoms with Crippen LogP contribution in [0, 0.1) is 13.8 Å². The van der Waals surface area contributed by atoms with E-state index >= 15 is 0 Å². The van der Waals surface area contributed by atoms with E-state index in [0.29, 0.717) is 17.0 Å². The predicted molar refractivity (Wildman–Crippen MR) is 113 cm³/mol. The summed E-state index contributed by atoms with van der Waals surface area (Å²) in [5, 5.41) is 11.0. The fraction of sp³-hybridized carbons (Fsp3) is 0.316. The van der Waals surface area contributed by atoms with Crippen LogP contribution >= 0.6 is 11.3 Å². The number of thiazole rings is 1. The molecule has 1 saturated heterocycles. The van der Waals surface area contributed by atoms with Gasteiger partial charge in [0.2, 0.25) is 10.0 Å². The molecular weight excluding hydrogens is 426 g/mol. The van der Waals surface area contributed by atoms with Gasteiger partial charge in [-0.1, -0.05) is 6.07 Å². The minimum atomic E-state index is -3.83. The average Bonchev–Trinajstić information content (AvgIpc) is 3.12. The van der Waals surface area contributed by atoms with Gasteiger partial charge in [0.05, 0.1) is 39.9 Å². The normalized spacial score (nSPS) is 15.7. The highest BCUT2D eigenvalue weighted by atomic mass is 32.2. The van der Waals surface area contributed by atoms with Crippen molar-refractivity contribution in [1.82, 2.24) is 19.7 Å². The van der Waals surface area contributed by atoms with Crippen molar-refractivity contribution in [3.63, 3.8) is 0 Å². The predicted octanol–water partition coefficient (Wildman–Crippen LogP) is 1.51. The van der Waals surface area contributed by atoms with Crippen LogP contribution in [-0.2, 0) is 14.8 Å². The Morgan fingerprint density at radius 1 is 1.27 bits per heavy atom. The van der Waals surface area contributed by atoms with E-state index < -0.39 is 15.6 Å². The summed E-state index contributed by atoms with van der Waals surface area (Å²) in [4.78, 5) is 14.0. The fourth-order valence-corrected chi connectivity index (χ4v) is 4.90. The molecule has 158 valence electrons. The number of sulfonamides is 1. The standard InChI is InChI=1S/C19H21N5O4S2/c1-11-3-4-13(30(26,27)23-8-19(25)9-28-10-19)5-14(11)15-6-22-18(20)17(24-15)16-7-21-12(2)29-16/h3-7,23,25H,8-10H2,1-2H3,(H2,20,22). The molecular formula is C19H21N5O4S2. The fourth-order valence-electron chi connectivity index (χ4n) is 2.98. The molecule has 0 atom stereocenters. The number of hydrogen-bond donors (Lipinski definition) is 3. The summed E-state index contributed by atoms with van der Waals surface area (Å²) >= 11 is 1.45. The molecule has 2 aromatic heterocycles. The number of benzene rings is 1. The van der Waals surface area contributed by atoms with E-state index in [2.05, 4.69) is 19.7 Å². The SMILES string of the molecule is Cc1ncc(-c2nc(-c3cc(S(=O)(=O)NCC4(O)COC4)ccc3C)cnc2N)s1. The monoisotopic (exact) mass is 447 g/mol. The van der Waals surface area contributed by atoms with Gasteiger partial charge in [0, 0.05) is 18.3 Å². The largest absolute Gasteiger partial charge is 0.384 e. The number of nitrogens with two attached hydrogens (primary N) is 1. The van der Waals surface area contributed by atoms with Crippen LogP contribution in [0.3, 0.4) is 0 Å². The van der Waals surface area contributed by atoms with Gasteiger partial charge in [-0.15, -0.1) is 11.3 Å². The number of aromatic nitrogens is 3. The third-order valence-corrected chi connectivity index (χ3v) is 7.10. The molecule has 0 radical (unpaired) electrons. The quantitative estimate of drug-likeness (QED) is 0.516. The second-order valence-corrected chi connectivity index (χ2v) is 10.3. The minimum absolute atomic E-state index is 0.0701. The first-order valence-electron chi connectivity index (χ1n) is 9.13. The molecule has 1 fully saturated rings. The number of aliphatic hydroxyl groups is 1. The van der Waals surface area contributed by atoms with Crippen LogP contribution in [0.5, 0.6) is 0 Å². The highest BCUT2D eigenvalue weighted by Crippen LogP contribution is 2.31. The van der Waals surface area contributed by atoms with Gasteiger partial charge < -0.3 is 15.6 Å². The molecule has 30 heavy (non-hydrogen) atoms. The number of anilines is 1. The van der Waals surface area contributed by atoms with Gasteiger partial charge in [-0.05, 0) is 31.5 Å². The van der Waals surface area contributed by atoms with Gasteiger partial charge in [0.25, 0.3) is 0 Å². The minimum Gasteiger partial charge on any atom is -0.384 e. The third kappa shape index (κ3) is 4.07. The maximum Gasteiger partial charge on any atom is 0.240 e. The molecule has 0 aliphatic carbocycles. The number of nitrogens with zero attached hydrogens (tertiary/aromatic N) is 3. The molecule has 1 aromatic carbocycles. The third-order valence-electron chi connectivity index (χ3n) is 4.78. The highest BCUT2D eigenvalue weighted by molar-refractivity contribution is 7.89. The second kappa shape index (κ2) is 7.67. The lowest BCUT2D eigenvalue weighted by Crippen LogP contribution is -2.56. The number of nitrogen functional groups attached to an aromatic ring is 1. The summed E-state index contributed by atoms with van der Waals surface area (Å²) < 4.78 is 32.9. The van der Waals surface area contributed by atoms with Gasteiger partial charge in [-0.25, -0.2) is 28.1 Å². The van der Waals surface area contributed by atoms with Crippen LogP contribution in [-0.4, -0.2) is 53.8 Å². The molecule has 11 heteroatoms. The maximum absolute atomic E-state index is 12.7. The molecule has 0 saturated carbocycles. The summed E-state index contributed by atoms with van der Waals surface area (Å²) in [6.07, 6.45) is 3.21. The molecule has 0 bridgehead atoms. The van der Waals surface area contributed by atoms with Crippen molar-refractivity contribution in [1.29, 1.82) is 0 Å². The van der Waals surface area contributed by atoms with Crippen LogP contribution in [0.15, 0.2) is 35.5 Å². The Kier molecular flexibility index (Phi) is 5.32. The number of ether oxygens (including phenoxy) is 1. The second-order valence-electron chi connectivity index (χ2n) is 7.25. The Balaban J connectivity index is 1.68. The van der Waals surface area contributed by atoms with Crippen molar-refractivity contribution in [2.24, 2.45) is 0 Å². The molecule has 0 unspecified atom stereocenters. The molecule has 3 heterocycles. The van der Waals surface area contributed by atoms with Gasteiger partial charge in [0.15, 0.2) is 5.82 Å². The lowest BCUT2D eigenvalue weighted by molar-refractivity contribution is -0.172. The summed E-state index contributed by atoms with van der Waals surface area (Å²) in [6, 6.07) is 4.77. The first kappa shape index (κ1) is 20.8. The van der Waals surface area contributed by atoms with Crippen LogP contribution in [0.25, 0.3) is 21.8 Å². The van der Waals surface area contributed by atoms with Crippen LogP contribution < -0.4 is 10.5 Å². The van der Waals surface area contributed by atoms with Crippen molar-refractivity contribution in [3.8, 4) is 21.8 Å². The van der Waals surface area contributed by atoms with E-state index in [1.807, 2.05) is 13.8 Å². The summed E-state index contributed by atoms with van der Waals surface area (Å²) in [7, 11) is -3.83. The zero-order chi connectivity index (χ0) is 21.5. The van der Waals surface area contributed by atoms with E-state index in [-0.39, 0.29) is 30.5 Å². The van der Waals surface area contributed by atoms with E-state index in [9.17, 15) is 13.5 Å². The highest BCUT2D eigenvalue weighted by Gasteiger charge is 2.37. The summed E-state index contributed by atoms with van der Waals surface area (Å²) in [5.41, 5.74) is 7.33. The van der Waals surface area contributed by atoms with Gasteiger partial charge in [-0.2, -0.15) is 0 Å². The van der Waals surface area contributed by atoms with Crippen molar-refractivity contribution >= 4 is 27.2 Å². The first-order valence-corrected chi connectivity index (χ1v) is 11.4. The number of hydrogen-bond acceptors (Lipinski definition) is 9. The van der Waals surface area contributed by atoms with Crippen molar-refractivity contribution in [3.05, 3.63) is 41.2 Å². The molecule has 0 amide bonds. The smallest absolute Gasteiger partial charge is 0.240 e. The summed E-state index contributed by atoms with van der Waals surface area (Å²) in [5.74, 6) is 0.279. The lowest BCUT2D eigenvalue weighted by Gasteiger charge is -2.36. The number of rotatable bonds is 6. The Hall–Kier alpha value is -2.44. The van der Waals surface area contributed by atoms with Crippen LogP contribution in [0.2, 0.25) is 0 Å². The Morgan fingerprint density at radius 2 is 2.03 bits per heavy atom. The Labute approximate surface area is 178 Å². The molecule has 3 aromatic rings. The molecule has 4 rings (SSSR count). The van der Waals surface area contributed by atoms with Gasteiger partial charge in [-0.3, -0.25) is 0 Å². The molecule has 1 aliphatic rings. The van der Waals surface area contributed by atoms with Gasteiger partial charge in [0.1, 0.15) is 11.3 Å². The van der Waals surface area contributed by atoms with Crippen molar-refractivity contribution in [2.75, 3.05) is 25.5 Å². The topological polar surface area (TPSA) is 140 Å². The van der Waals surface area contributed by atoms with Crippen molar-refractivity contribution < 1.29 is 18.3 Å². The molecule has 1 aliphatic heterocycles. The van der Waals surface area contributed by atoms with Crippen molar-refractivity contribution in [2.45, 2.75) is 24.3 Å². The van der Waals surface area contributed by atoms with E-state index in [1.54, 1.807) is 18.3 Å². The van der Waals surface area contributed by atoms with E-state index in [4.69, 9.17) is 10.5 Å². The molecule has 9 nitrogen and oxygen atoms in total. The van der Waals surface area contributed by atoms with E-state index in [0.717, 1.165) is 15.4 Å². The number of nitrogens with one attached hydrogen (secondary N) is 1. The van der Waals surface area contributed by atoms with Crippen LogP contribution in [0.1, 0.15) is 10.6 Å².